The predicted octanol–water partition coefficient (Wildman–Crippen LogP) is 5.14. The highest BCUT2D eigenvalue weighted by atomic mass is 16.6. The van der Waals surface area contributed by atoms with E-state index < -0.39 is 5.60 Å². The molecule has 39 heavy (non-hydrogen) atoms. The highest BCUT2D eigenvalue weighted by Crippen LogP contribution is 2.43. The first-order valence-corrected chi connectivity index (χ1v) is 14.3. The number of carbonyl (C=O) groups is 2. The van der Waals surface area contributed by atoms with Gasteiger partial charge in [0, 0.05) is 37.6 Å². The summed E-state index contributed by atoms with van der Waals surface area (Å²) in [6.07, 6.45) is 5.50. The minimum absolute atomic E-state index is 0.106. The van der Waals surface area contributed by atoms with Gasteiger partial charge in [0.05, 0.1) is 31.1 Å². The number of alkyl carbamates (subject to hydrolysis) is 1. The molecule has 2 unspecified atom stereocenters. The molecule has 1 aromatic heterocycles. The molecule has 1 N–H and O–H groups in total. The van der Waals surface area contributed by atoms with Gasteiger partial charge in [-0.2, -0.15) is 0 Å². The average molecular weight is 538 g/mol. The molecule has 0 aliphatic carbocycles. The number of fused-ring (bicyclic) bond motifs is 3. The van der Waals surface area contributed by atoms with Crippen LogP contribution in [0.1, 0.15) is 87.7 Å². The highest BCUT2D eigenvalue weighted by molar-refractivity contribution is 5.68. The number of imidazole rings is 1. The Morgan fingerprint density at radius 3 is 2.44 bits per heavy atom. The Balaban J connectivity index is 1.27. The minimum Gasteiger partial charge on any atom is -0.453 e. The van der Waals surface area contributed by atoms with Crippen LogP contribution in [-0.4, -0.2) is 69.4 Å². The van der Waals surface area contributed by atoms with Gasteiger partial charge in [-0.05, 0) is 65.4 Å². The van der Waals surface area contributed by atoms with Gasteiger partial charge >= 0.3 is 12.2 Å². The number of aryl methyl sites for hydroxylation is 1. The van der Waals surface area contributed by atoms with Crippen molar-refractivity contribution in [3.63, 3.8) is 0 Å². The number of rotatable bonds is 6. The van der Waals surface area contributed by atoms with E-state index in [-0.39, 0.29) is 18.2 Å². The van der Waals surface area contributed by atoms with Gasteiger partial charge in [-0.3, -0.25) is 4.90 Å². The lowest BCUT2D eigenvalue weighted by atomic mass is 9.95. The third-order valence-electron chi connectivity index (χ3n) is 8.45. The van der Waals surface area contributed by atoms with Gasteiger partial charge in [0.25, 0.3) is 0 Å². The first-order chi connectivity index (χ1) is 18.6. The van der Waals surface area contributed by atoms with Crippen molar-refractivity contribution in [2.75, 3.05) is 20.2 Å². The predicted molar refractivity (Wildman–Crippen MR) is 148 cm³/mol. The van der Waals surface area contributed by atoms with Crippen molar-refractivity contribution in [3.05, 3.63) is 53.1 Å². The van der Waals surface area contributed by atoms with Crippen LogP contribution < -0.4 is 5.32 Å². The van der Waals surface area contributed by atoms with Crippen molar-refractivity contribution in [2.45, 2.75) is 103 Å². The molecule has 212 valence electrons. The van der Waals surface area contributed by atoms with Gasteiger partial charge in [0.15, 0.2) is 0 Å². The van der Waals surface area contributed by atoms with E-state index in [0.717, 1.165) is 49.3 Å². The van der Waals surface area contributed by atoms with Crippen LogP contribution in [0.25, 0.3) is 0 Å². The summed E-state index contributed by atoms with van der Waals surface area (Å²) in [5, 5.41) is 3.13. The molecule has 2 aromatic rings. The van der Waals surface area contributed by atoms with Crippen molar-refractivity contribution >= 4 is 12.2 Å². The second-order valence-electron chi connectivity index (χ2n) is 12.2. The Bertz CT molecular complexity index is 1160. The summed E-state index contributed by atoms with van der Waals surface area (Å²) in [6.45, 7) is 9.90. The van der Waals surface area contributed by atoms with Gasteiger partial charge in [-0.15, -0.1) is 0 Å². The topological polar surface area (TPSA) is 88.9 Å². The number of nitrogens with zero attached hydrogens (tertiary/aromatic N) is 4. The van der Waals surface area contributed by atoms with Crippen LogP contribution in [0.15, 0.2) is 30.3 Å². The maximum Gasteiger partial charge on any atom is 0.409 e. The molecule has 0 spiro atoms. The molecule has 2 amide bonds. The number of piperidine rings is 1. The molecule has 9 heteroatoms. The zero-order valence-electron chi connectivity index (χ0n) is 24.0. The first-order valence-electron chi connectivity index (χ1n) is 14.3. The van der Waals surface area contributed by atoms with E-state index >= 15 is 0 Å². The van der Waals surface area contributed by atoms with E-state index in [4.69, 9.17) is 14.5 Å². The molecule has 3 aliphatic heterocycles. The van der Waals surface area contributed by atoms with E-state index in [2.05, 4.69) is 33.8 Å². The van der Waals surface area contributed by atoms with Crippen LogP contribution in [0.2, 0.25) is 0 Å². The summed E-state index contributed by atoms with van der Waals surface area (Å²) in [7, 11) is 1.44. The maximum atomic E-state index is 12.7. The monoisotopic (exact) mass is 537 g/mol. The number of amides is 2. The molecule has 3 aliphatic rings. The Hall–Kier alpha value is -3.07. The average Bonchev–Trinajstić information content (AvgIpc) is 3.35. The lowest BCUT2D eigenvalue weighted by molar-refractivity contribution is 0.0488. The van der Waals surface area contributed by atoms with Crippen LogP contribution in [0.4, 0.5) is 9.59 Å². The third-order valence-corrected chi connectivity index (χ3v) is 8.45. The lowest BCUT2D eigenvalue weighted by Crippen LogP contribution is -2.45. The lowest BCUT2D eigenvalue weighted by Gasteiger charge is -2.41. The molecule has 0 saturated carbocycles. The van der Waals surface area contributed by atoms with E-state index in [1.807, 2.05) is 39.0 Å². The highest BCUT2D eigenvalue weighted by Gasteiger charge is 2.42. The van der Waals surface area contributed by atoms with Crippen LogP contribution in [0, 0.1) is 6.92 Å². The van der Waals surface area contributed by atoms with E-state index in [1.54, 1.807) is 4.90 Å². The van der Waals surface area contributed by atoms with Gasteiger partial charge < -0.3 is 24.3 Å². The fourth-order valence-corrected chi connectivity index (χ4v) is 6.84. The minimum atomic E-state index is -0.537. The number of hydrogen-bond acceptors (Lipinski definition) is 6. The normalized spacial score (nSPS) is 23.7. The zero-order chi connectivity index (χ0) is 27.7. The van der Waals surface area contributed by atoms with Gasteiger partial charge in [0.1, 0.15) is 11.4 Å². The molecule has 5 rings (SSSR count). The van der Waals surface area contributed by atoms with Crippen molar-refractivity contribution < 1.29 is 19.1 Å². The number of methoxy groups -OCH3 is 1. The van der Waals surface area contributed by atoms with Gasteiger partial charge in [-0.1, -0.05) is 30.3 Å². The van der Waals surface area contributed by atoms with Crippen LogP contribution in [-0.2, 0) is 22.4 Å². The molecular formula is C30H43N5O4. The molecule has 2 fully saturated rings. The third kappa shape index (κ3) is 6.08. The molecule has 9 nitrogen and oxygen atoms in total. The Kier molecular flexibility index (Phi) is 7.89. The van der Waals surface area contributed by atoms with Crippen molar-refractivity contribution in [1.29, 1.82) is 0 Å². The quantitative estimate of drug-likeness (QED) is 0.549. The summed E-state index contributed by atoms with van der Waals surface area (Å²) in [4.78, 5) is 34.2. The largest absolute Gasteiger partial charge is 0.453 e. The number of benzene rings is 1. The molecule has 2 bridgehead atoms. The second kappa shape index (κ2) is 11.2. The molecule has 1 aromatic carbocycles. The molecule has 4 heterocycles. The zero-order valence-corrected chi connectivity index (χ0v) is 24.0. The summed E-state index contributed by atoms with van der Waals surface area (Å²) >= 11 is 0. The molecular weight excluding hydrogens is 494 g/mol. The number of carbonyl (C=O) groups excluding carboxylic acids is 2. The number of aromatic nitrogens is 2. The van der Waals surface area contributed by atoms with Gasteiger partial charge in [-0.25, -0.2) is 14.6 Å². The summed E-state index contributed by atoms with van der Waals surface area (Å²) < 4.78 is 13.0. The maximum absolute atomic E-state index is 12.7. The Morgan fingerprint density at radius 2 is 1.79 bits per heavy atom. The summed E-state index contributed by atoms with van der Waals surface area (Å²) in [5.74, 6) is 1.05. The summed E-state index contributed by atoms with van der Waals surface area (Å²) in [6, 6.07) is 11.5. The van der Waals surface area contributed by atoms with Crippen LogP contribution in [0.5, 0.6) is 0 Å². The number of nitrogens with one attached hydrogen (secondary N) is 1. The van der Waals surface area contributed by atoms with E-state index in [9.17, 15) is 9.59 Å². The second-order valence-corrected chi connectivity index (χ2v) is 12.2. The van der Waals surface area contributed by atoms with Crippen LogP contribution in [0.3, 0.4) is 0 Å². The first kappa shape index (κ1) is 27.5. The molecule has 0 radical (unpaired) electrons. The van der Waals surface area contributed by atoms with E-state index in [1.165, 1.54) is 25.6 Å². The number of hydrogen-bond donors (Lipinski definition) is 1. The standard InChI is InChI=1S/C30H43N5O4/c1-20-31-26-13-15-33(29(37)38-5)19-27(26)35(20)24-17-22-11-12-23(18-24)34(22)16-14-25(21-9-7-6-8-10-21)32-28(36)39-30(2,3)4/h6-10,22-25H,11-19H2,1-5H3,(H,32,36)/t22?,23?,24?,25-/m0/s1. The van der Waals surface area contributed by atoms with Crippen molar-refractivity contribution in [2.24, 2.45) is 0 Å². The number of ether oxygens (including phenoxy) is 2. The summed E-state index contributed by atoms with van der Waals surface area (Å²) in [5.41, 5.74) is 2.86. The van der Waals surface area contributed by atoms with E-state index in [0.29, 0.717) is 31.2 Å². The van der Waals surface area contributed by atoms with Crippen LogP contribution >= 0.6 is 0 Å². The Labute approximate surface area is 231 Å². The van der Waals surface area contributed by atoms with Crippen molar-refractivity contribution in [3.8, 4) is 0 Å². The molecule has 2 saturated heterocycles. The van der Waals surface area contributed by atoms with Gasteiger partial charge in [0.2, 0.25) is 0 Å². The smallest absolute Gasteiger partial charge is 0.409 e. The van der Waals surface area contributed by atoms with Crippen molar-refractivity contribution in [1.82, 2.24) is 24.7 Å². The fourth-order valence-electron chi connectivity index (χ4n) is 6.84. The fraction of sp³-hybridized carbons (Fsp3) is 0.633. The SMILES string of the molecule is COC(=O)N1CCc2nc(C)n(C3CC4CCC(C3)N4CC[C@H](NC(=O)OC(C)(C)C)c3ccccc3)c2C1. The molecule has 3 atom stereocenters. The Morgan fingerprint density at radius 1 is 1.10 bits per heavy atom.